The van der Waals surface area contributed by atoms with Gasteiger partial charge in [-0.25, -0.2) is 0 Å². The molecule has 0 spiro atoms. The summed E-state index contributed by atoms with van der Waals surface area (Å²) in [4.78, 5) is 0. The van der Waals surface area contributed by atoms with Gasteiger partial charge in [0, 0.05) is 6.61 Å². The lowest BCUT2D eigenvalue weighted by Gasteiger charge is -2.16. The quantitative estimate of drug-likeness (QED) is 0.567. The van der Waals surface area contributed by atoms with Crippen LogP contribution in [0.1, 0.15) is 38.7 Å². The molecule has 2 atom stereocenters. The molecule has 1 aliphatic rings. The number of benzene rings is 1. The van der Waals surface area contributed by atoms with Crippen molar-refractivity contribution in [1.29, 1.82) is 0 Å². The molecule has 1 aliphatic heterocycles. The fourth-order valence-electron chi connectivity index (χ4n) is 2.50. The summed E-state index contributed by atoms with van der Waals surface area (Å²) in [5.41, 5.74) is 1.21. The number of ether oxygens (including phenoxy) is 3. The van der Waals surface area contributed by atoms with Gasteiger partial charge in [0.05, 0.1) is 12.7 Å². The van der Waals surface area contributed by atoms with Crippen molar-refractivity contribution in [3.8, 4) is 12.3 Å². The van der Waals surface area contributed by atoms with E-state index in [1.807, 2.05) is 32.0 Å². The van der Waals surface area contributed by atoms with Gasteiger partial charge in [0.2, 0.25) is 0 Å². The van der Waals surface area contributed by atoms with Gasteiger partial charge in [-0.2, -0.15) is 0 Å². The fourth-order valence-corrected chi connectivity index (χ4v) is 2.50. The lowest BCUT2D eigenvalue weighted by atomic mass is 10.1. The number of hydrogen-bond donors (Lipinski definition) is 0. The molecule has 1 saturated heterocycles. The molecular weight excluding hydrogens is 264 g/mol. The Morgan fingerprint density at radius 3 is 2.67 bits per heavy atom. The van der Waals surface area contributed by atoms with E-state index in [0.29, 0.717) is 6.61 Å². The van der Waals surface area contributed by atoms with Crippen LogP contribution < -0.4 is 0 Å². The van der Waals surface area contributed by atoms with Gasteiger partial charge in [-0.05, 0) is 38.7 Å². The molecule has 21 heavy (non-hydrogen) atoms. The van der Waals surface area contributed by atoms with Gasteiger partial charge in [0.25, 0.3) is 0 Å². The van der Waals surface area contributed by atoms with Gasteiger partial charge in [-0.3, -0.25) is 0 Å². The van der Waals surface area contributed by atoms with Gasteiger partial charge in [0.1, 0.15) is 6.10 Å². The number of terminal acetylenes is 1. The lowest BCUT2D eigenvalue weighted by Crippen LogP contribution is -2.21. The molecule has 114 valence electrons. The van der Waals surface area contributed by atoms with E-state index in [1.165, 1.54) is 5.56 Å². The third-order valence-corrected chi connectivity index (χ3v) is 3.49. The van der Waals surface area contributed by atoms with E-state index in [9.17, 15) is 0 Å². The maximum absolute atomic E-state index is 5.82. The van der Waals surface area contributed by atoms with E-state index in [0.717, 1.165) is 25.9 Å². The maximum Gasteiger partial charge on any atom is 0.165 e. The highest BCUT2D eigenvalue weighted by atomic mass is 16.7. The van der Waals surface area contributed by atoms with Gasteiger partial charge in [0.15, 0.2) is 5.79 Å². The maximum atomic E-state index is 5.82. The number of unbranched alkanes of at least 4 members (excludes halogenated alkanes) is 1. The first-order valence-corrected chi connectivity index (χ1v) is 7.54. The first-order chi connectivity index (χ1) is 10.1. The van der Waals surface area contributed by atoms with Crippen LogP contribution >= 0.6 is 0 Å². The molecule has 0 bridgehead atoms. The van der Waals surface area contributed by atoms with E-state index in [4.69, 9.17) is 20.6 Å². The monoisotopic (exact) mass is 288 g/mol. The molecule has 2 rings (SSSR count). The van der Waals surface area contributed by atoms with Crippen molar-refractivity contribution in [2.24, 2.45) is 0 Å². The van der Waals surface area contributed by atoms with Crippen molar-refractivity contribution in [2.45, 2.75) is 57.7 Å². The predicted octanol–water partition coefficient (Wildman–Crippen LogP) is 3.53. The largest absolute Gasteiger partial charge is 0.377 e. The Morgan fingerprint density at radius 2 is 1.95 bits per heavy atom. The fraction of sp³-hybridized carbons (Fsp3) is 0.556. The Morgan fingerprint density at radius 1 is 1.19 bits per heavy atom. The zero-order chi connectivity index (χ0) is 15.1. The highest BCUT2D eigenvalue weighted by molar-refractivity contribution is 5.13. The minimum atomic E-state index is -0.564. The second kappa shape index (κ2) is 7.61. The molecule has 0 aliphatic carbocycles. The summed E-state index contributed by atoms with van der Waals surface area (Å²) >= 11 is 0. The van der Waals surface area contributed by atoms with Crippen molar-refractivity contribution in [3.05, 3.63) is 35.9 Å². The molecule has 0 aromatic heterocycles. The van der Waals surface area contributed by atoms with Gasteiger partial charge < -0.3 is 14.2 Å². The normalized spacial score (nSPS) is 23.9. The van der Waals surface area contributed by atoms with Crippen LogP contribution in [-0.4, -0.2) is 24.6 Å². The molecule has 1 heterocycles. The Bertz CT molecular complexity index is 461. The third kappa shape index (κ3) is 5.17. The molecule has 0 radical (unpaired) electrons. The molecule has 3 heteroatoms. The lowest BCUT2D eigenvalue weighted by molar-refractivity contribution is -0.143. The van der Waals surface area contributed by atoms with E-state index >= 15 is 0 Å². The standard InChI is InChI=1S/C18H24O3/c1-4-16-17(21-18(2,3)20-16)12-8-9-13-19-14-15-10-6-5-7-11-15/h1,5-7,10-11,16-17H,8-9,12-14H2,2-3H3/t16-,17+/m0/s1. The third-order valence-electron chi connectivity index (χ3n) is 3.49. The van der Waals surface area contributed by atoms with Crippen LogP contribution in [0.3, 0.4) is 0 Å². The summed E-state index contributed by atoms with van der Waals surface area (Å²) in [6.07, 6.45) is 8.19. The van der Waals surface area contributed by atoms with E-state index in [1.54, 1.807) is 0 Å². The van der Waals surface area contributed by atoms with Crippen LogP contribution in [0.4, 0.5) is 0 Å². The molecule has 1 aromatic carbocycles. The zero-order valence-corrected chi connectivity index (χ0v) is 12.9. The highest BCUT2D eigenvalue weighted by Crippen LogP contribution is 2.30. The van der Waals surface area contributed by atoms with Crippen LogP contribution in [0.5, 0.6) is 0 Å². The molecule has 0 unspecified atom stereocenters. The van der Waals surface area contributed by atoms with E-state index < -0.39 is 5.79 Å². The van der Waals surface area contributed by atoms with Crippen LogP contribution in [0.15, 0.2) is 30.3 Å². The predicted molar refractivity (Wildman–Crippen MR) is 82.6 cm³/mol. The summed E-state index contributed by atoms with van der Waals surface area (Å²) in [6.45, 7) is 5.23. The average molecular weight is 288 g/mol. The summed E-state index contributed by atoms with van der Waals surface area (Å²) in [7, 11) is 0. The Labute approximate surface area is 127 Å². The topological polar surface area (TPSA) is 27.7 Å². The Hall–Kier alpha value is -1.34. The second-order valence-corrected chi connectivity index (χ2v) is 5.80. The second-order valence-electron chi connectivity index (χ2n) is 5.80. The minimum absolute atomic E-state index is 0.000812. The Kier molecular flexibility index (Phi) is 5.81. The van der Waals surface area contributed by atoms with Crippen molar-refractivity contribution < 1.29 is 14.2 Å². The smallest absolute Gasteiger partial charge is 0.165 e. The molecular formula is C18H24O3. The SMILES string of the molecule is C#C[C@@H]1OC(C)(C)O[C@@H]1CCCCOCc1ccccc1. The highest BCUT2D eigenvalue weighted by Gasteiger charge is 2.39. The molecule has 1 aromatic rings. The van der Waals surface area contributed by atoms with Crippen molar-refractivity contribution in [1.82, 2.24) is 0 Å². The molecule has 0 amide bonds. The number of rotatable bonds is 7. The number of hydrogen-bond acceptors (Lipinski definition) is 3. The van der Waals surface area contributed by atoms with Crippen LogP contribution in [0, 0.1) is 12.3 Å². The molecule has 3 nitrogen and oxygen atoms in total. The van der Waals surface area contributed by atoms with Crippen LogP contribution in [0.2, 0.25) is 0 Å². The summed E-state index contributed by atoms with van der Waals surface area (Å²) in [5, 5.41) is 0. The first-order valence-electron chi connectivity index (χ1n) is 7.54. The van der Waals surface area contributed by atoms with E-state index in [-0.39, 0.29) is 12.2 Å². The van der Waals surface area contributed by atoms with Crippen molar-refractivity contribution in [2.75, 3.05) is 6.61 Å². The van der Waals surface area contributed by atoms with Gasteiger partial charge in [-0.15, -0.1) is 6.42 Å². The van der Waals surface area contributed by atoms with Crippen molar-refractivity contribution in [3.63, 3.8) is 0 Å². The van der Waals surface area contributed by atoms with Gasteiger partial charge in [-0.1, -0.05) is 36.3 Å². The molecule has 0 saturated carbocycles. The first kappa shape index (κ1) is 16.0. The summed E-state index contributed by atoms with van der Waals surface area (Å²) < 4.78 is 17.1. The average Bonchev–Trinajstić information content (AvgIpc) is 2.78. The molecule has 0 N–H and O–H groups in total. The van der Waals surface area contributed by atoms with Gasteiger partial charge >= 0.3 is 0 Å². The summed E-state index contributed by atoms with van der Waals surface area (Å²) in [5.74, 6) is 2.10. The van der Waals surface area contributed by atoms with Crippen molar-refractivity contribution >= 4 is 0 Å². The van der Waals surface area contributed by atoms with E-state index in [2.05, 4.69) is 18.1 Å². The van der Waals surface area contributed by atoms with Crippen LogP contribution in [-0.2, 0) is 20.8 Å². The minimum Gasteiger partial charge on any atom is -0.377 e. The zero-order valence-electron chi connectivity index (χ0n) is 12.9. The summed E-state index contributed by atoms with van der Waals surface area (Å²) in [6, 6.07) is 10.2. The Balaban J connectivity index is 1.59. The molecule has 1 fully saturated rings. The van der Waals surface area contributed by atoms with Crippen LogP contribution in [0.25, 0.3) is 0 Å².